The molecular weight excluding hydrogens is 302 g/mol. The molecule has 90 valence electrons. The molecule has 18 heavy (non-hydrogen) atoms. The van der Waals surface area contributed by atoms with Crippen molar-refractivity contribution in [2.45, 2.75) is 0 Å². The first kappa shape index (κ1) is 12.5. The molecule has 0 bridgehead atoms. The quantitative estimate of drug-likeness (QED) is 0.895. The highest BCUT2D eigenvalue weighted by molar-refractivity contribution is 9.10. The summed E-state index contributed by atoms with van der Waals surface area (Å²) in [5.74, 6) is -1.42. The molecule has 0 heterocycles. The molecule has 0 saturated carbocycles. The zero-order chi connectivity index (χ0) is 13.1. The lowest BCUT2D eigenvalue weighted by molar-refractivity contribution is 0.591. The smallest absolute Gasteiger partial charge is 0.149 e. The maximum absolute atomic E-state index is 13.5. The minimum Gasteiger partial charge on any atom is -0.350 e. The number of nitriles is 1. The Labute approximate surface area is 111 Å². The number of nitrogens with one attached hydrogen (secondary N) is 1. The van der Waals surface area contributed by atoms with Crippen molar-refractivity contribution in [2.75, 3.05) is 5.32 Å². The van der Waals surface area contributed by atoms with E-state index in [1.807, 2.05) is 6.07 Å². The monoisotopic (exact) mass is 308 g/mol. The molecule has 0 saturated heterocycles. The van der Waals surface area contributed by atoms with Gasteiger partial charge in [0, 0.05) is 4.47 Å². The lowest BCUT2D eigenvalue weighted by Gasteiger charge is -2.10. The molecule has 5 heteroatoms. The Kier molecular flexibility index (Phi) is 3.58. The second-order valence-corrected chi connectivity index (χ2v) is 4.35. The molecule has 1 N–H and O–H groups in total. The van der Waals surface area contributed by atoms with Gasteiger partial charge in [-0.1, -0.05) is 12.1 Å². The van der Waals surface area contributed by atoms with Crippen molar-refractivity contribution in [3.63, 3.8) is 0 Å². The van der Waals surface area contributed by atoms with Crippen LogP contribution in [0, 0.1) is 23.0 Å². The summed E-state index contributed by atoms with van der Waals surface area (Å²) >= 11 is 3.21. The van der Waals surface area contributed by atoms with Gasteiger partial charge in [0.25, 0.3) is 0 Å². The molecular formula is C13H7BrF2N2. The van der Waals surface area contributed by atoms with Crippen molar-refractivity contribution in [1.29, 1.82) is 5.26 Å². The van der Waals surface area contributed by atoms with E-state index in [0.717, 1.165) is 12.1 Å². The first-order valence-corrected chi connectivity index (χ1v) is 5.82. The average Bonchev–Trinajstić information content (AvgIpc) is 2.34. The summed E-state index contributed by atoms with van der Waals surface area (Å²) in [6.45, 7) is 0. The van der Waals surface area contributed by atoms with Gasteiger partial charge in [0.2, 0.25) is 0 Å². The molecule has 0 aliphatic heterocycles. The van der Waals surface area contributed by atoms with Crippen LogP contribution in [0.1, 0.15) is 5.56 Å². The third-order valence-corrected chi connectivity index (χ3v) is 3.01. The third-order valence-electron chi connectivity index (χ3n) is 2.35. The van der Waals surface area contributed by atoms with Crippen LogP contribution in [0.15, 0.2) is 40.9 Å². The summed E-state index contributed by atoms with van der Waals surface area (Å²) in [7, 11) is 0. The highest BCUT2D eigenvalue weighted by Crippen LogP contribution is 2.29. The van der Waals surface area contributed by atoms with Crippen molar-refractivity contribution in [3.8, 4) is 6.07 Å². The van der Waals surface area contributed by atoms with Gasteiger partial charge < -0.3 is 5.32 Å². The molecule has 0 unspecified atom stereocenters. The number of hydrogen-bond donors (Lipinski definition) is 1. The van der Waals surface area contributed by atoms with E-state index in [1.54, 1.807) is 18.2 Å². The van der Waals surface area contributed by atoms with Crippen LogP contribution < -0.4 is 5.32 Å². The second kappa shape index (κ2) is 5.15. The van der Waals surface area contributed by atoms with Crippen LogP contribution in [0.4, 0.5) is 20.2 Å². The van der Waals surface area contributed by atoms with E-state index >= 15 is 0 Å². The van der Waals surface area contributed by atoms with Crippen LogP contribution in [-0.4, -0.2) is 0 Å². The molecule has 0 spiro atoms. The number of anilines is 2. The van der Waals surface area contributed by atoms with Gasteiger partial charge in [-0.05, 0) is 40.2 Å². The zero-order valence-electron chi connectivity index (χ0n) is 9.05. The van der Waals surface area contributed by atoms with Gasteiger partial charge in [-0.3, -0.25) is 0 Å². The molecule has 0 aliphatic carbocycles. The fourth-order valence-electron chi connectivity index (χ4n) is 1.49. The first-order chi connectivity index (χ1) is 8.63. The Hall–Kier alpha value is -1.93. The van der Waals surface area contributed by atoms with E-state index in [2.05, 4.69) is 21.2 Å². The summed E-state index contributed by atoms with van der Waals surface area (Å²) in [4.78, 5) is 0. The summed E-state index contributed by atoms with van der Waals surface area (Å²) in [6.07, 6.45) is 0. The largest absolute Gasteiger partial charge is 0.350 e. The Bertz CT molecular complexity index is 615. The van der Waals surface area contributed by atoms with Crippen LogP contribution in [-0.2, 0) is 0 Å². The third kappa shape index (κ3) is 2.34. The fourth-order valence-corrected chi connectivity index (χ4v) is 1.95. The predicted molar refractivity (Wildman–Crippen MR) is 68.5 cm³/mol. The molecule has 0 amide bonds. The Morgan fingerprint density at radius 1 is 1.06 bits per heavy atom. The molecule has 0 aromatic heterocycles. The minimum atomic E-state index is -0.709. The van der Waals surface area contributed by atoms with Gasteiger partial charge in [0.05, 0.1) is 11.3 Å². The zero-order valence-corrected chi connectivity index (χ0v) is 10.6. The van der Waals surface area contributed by atoms with Gasteiger partial charge in [0.15, 0.2) is 0 Å². The molecule has 0 fully saturated rings. The molecule has 0 aliphatic rings. The summed E-state index contributed by atoms with van der Waals surface area (Å²) in [5, 5.41) is 11.6. The van der Waals surface area contributed by atoms with E-state index < -0.39 is 11.6 Å². The molecule has 2 nitrogen and oxygen atoms in total. The number of halogens is 3. The van der Waals surface area contributed by atoms with E-state index in [0.29, 0.717) is 15.7 Å². The molecule has 2 aromatic rings. The topological polar surface area (TPSA) is 35.8 Å². The highest BCUT2D eigenvalue weighted by Gasteiger charge is 2.12. The van der Waals surface area contributed by atoms with Crippen molar-refractivity contribution < 1.29 is 8.78 Å². The average molecular weight is 309 g/mol. The standard InChI is InChI=1S/C13H7BrF2N2/c14-9-3-1-6-12(8(9)7-17)18-13-10(15)4-2-5-11(13)16/h1-6,18H. The van der Waals surface area contributed by atoms with Crippen LogP contribution >= 0.6 is 15.9 Å². The highest BCUT2D eigenvalue weighted by atomic mass is 79.9. The first-order valence-electron chi connectivity index (χ1n) is 5.03. The Balaban J connectivity index is 2.48. The van der Waals surface area contributed by atoms with E-state index in [-0.39, 0.29) is 5.69 Å². The number of hydrogen-bond acceptors (Lipinski definition) is 2. The van der Waals surface area contributed by atoms with Gasteiger partial charge in [-0.2, -0.15) is 5.26 Å². The molecule has 2 aromatic carbocycles. The van der Waals surface area contributed by atoms with Crippen LogP contribution in [0.5, 0.6) is 0 Å². The van der Waals surface area contributed by atoms with Crippen LogP contribution in [0.3, 0.4) is 0 Å². The lowest BCUT2D eigenvalue weighted by atomic mass is 10.2. The van der Waals surface area contributed by atoms with Crippen molar-refractivity contribution in [3.05, 3.63) is 58.1 Å². The second-order valence-electron chi connectivity index (χ2n) is 3.50. The van der Waals surface area contributed by atoms with Crippen molar-refractivity contribution in [1.82, 2.24) is 0 Å². The summed E-state index contributed by atoms with van der Waals surface area (Å²) in [6, 6.07) is 10.5. The number of para-hydroxylation sites is 1. The maximum Gasteiger partial charge on any atom is 0.149 e. The SMILES string of the molecule is N#Cc1c(Br)cccc1Nc1c(F)cccc1F. The van der Waals surface area contributed by atoms with Crippen LogP contribution in [0.25, 0.3) is 0 Å². The van der Waals surface area contributed by atoms with Gasteiger partial charge in [-0.15, -0.1) is 0 Å². The predicted octanol–water partition coefficient (Wildman–Crippen LogP) is 4.34. The minimum absolute atomic E-state index is 0.271. The Morgan fingerprint density at radius 2 is 1.67 bits per heavy atom. The summed E-state index contributed by atoms with van der Waals surface area (Å²) < 4.78 is 27.5. The molecule has 0 radical (unpaired) electrons. The van der Waals surface area contributed by atoms with Gasteiger partial charge in [-0.25, -0.2) is 8.78 Å². The molecule has 0 atom stereocenters. The number of rotatable bonds is 2. The number of benzene rings is 2. The van der Waals surface area contributed by atoms with E-state index in [4.69, 9.17) is 5.26 Å². The fraction of sp³-hybridized carbons (Fsp3) is 0. The Morgan fingerprint density at radius 3 is 2.28 bits per heavy atom. The number of nitrogens with zero attached hydrogens (tertiary/aromatic N) is 1. The maximum atomic E-state index is 13.5. The lowest BCUT2D eigenvalue weighted by Crippen LogP contribution is -1.99. The molecule has 2 rings (SSSR count). The van der Waals surface area contributed by atoms with Crippen molar-refractivity contribution >= 4 is 27.3 Å². The van der Waals surface area contributed by atoms with E-state index in [1.165, 1.54) is 6.07 Å². The van der Waals surface area contributed by atoms with E-state index in [9.17, 15) is 8.78 Å². The van der Waals surface area contributed by atoms with Gasteiger partial charge in [0.1, 0.15) is 23.4 Å². The van der Waals surface area contributed by atoms with Crippen molar-refractivity contribution in [2.24, 2.45) is 0 Å². The van der Waals surface area contributed by atoms with Crippen LogP contribution in [0.2, 0.25) is 0 Å². The van der Waals surface area contributed by atoms with Gasteiger partial charge >= 0.3 is 0 Å². The summed E-state index contributed by atoms with van der Waals surface area (Å²) in [5.41, 5.74) is 0.364. The normalized spacial score (nSPS) is 9.89.